The van der Waals surface area contributed by atoms with Crippen molar-refractivity contribution >= 4 is 21.7 Å². The number of aryl methyl sites for hydroxylation is 1. The van der Waals surface area contributed by atoms with Crippen LogP contribution in [-0.4, -0.2) is 9.97 Å². The number of aromatic nitrogens is 2. The van der Waals surface area contributed by atoms with E-state index in [9.17, 15) is 0 Å². The van der Waals surface area contributed by atoms with Crippen molar-refractivity contribution in [3.05, 3.63) is 40.0 Å². The molecular weight excluding hydrogens is 314 g/mol. The molecule has 1 aromatic heterocycles. The van der Waals surface area contributed by atoms with Crippen LogP contribution in [0.15, 0.2) is 28.7 Å². The van der Waals surface area contributed by atoms with E-state index >= 15 is 0 Å². The van der Waals surface area contributed by atoms with Gasteiger partial charge in [0.15, 0.2) is 5.82 Å². The van der Waals surface area contributed by atoms with Crippen LogP contribution in [0.3, 0.4) is 0 Å². The summed E-state index contributed by atoms with van der Waals surface area (Å²) in [7, 11) is 0. The van der Waals surface area contributed by atoms with Crippen LogP contribution < -0.4 is 5.73 Å². The molecule has 106 valence electrons. The first-order valence-corrected chi connectivity index (χ1v) is 7.71. The van der Waals surface area contributed by atoms with Gasteiger partial charge in [0.1, 0.15) is 5.82 Å². The monoisotopic (exact) mass is 333 g/mol. The molecule has 0 fully saturated rings. The predicted molar refractivity (Wildman–Crippen MR) is 87.5 cm³/mol. The number of hydrogen-bond acceptors (Lipinski definition) is 3. The van der Waals surface area contributed by atoms with E-state index in [1.807, 2.05) is 0 Å². The topological polar surface area (TPSA) is 51.8 Å². The van der Waals surface area contributed by atoms with Gasteiger partial charge in [0.2, 0.25) is 0 Å². The third-order valence-electron chi connectivity index (χ3n) is 3.17. The number of nitrogens with zero attached hydrogens (tertiary/aromatic N) is 2. The SMILES string of the molecule is CCc1ccc(-c2nc(N)c(Br)c(CC(C)C)n2)cc1. The summed E-state index contributed by atoms with van der Waals surface area (Å²) in [5, 5.41) is 0. The van der Waals surface area contributed by atoms with Gasteiger partial charge in [-0.05, 0) is 40.3 Å². The number of anilines is 1. The fourth-order valence-electron chi connectivity index (χ4n) is 2.05. The summed E-state index contributed by atoms with van der Waals surface area (Å²) in [6, 6.07) is 8.33. The van der Waals surface area contributed by atoms with E-state index in [4.69, 9.17) is 5.73 Å². The molecule has 0 unspecified atom stereocenters. The highest BCUT2D eigenvalue weighted by Crippen LogP contribution is 2.27. The average molecular weight is 334 g/mol. The Bertz CT molecular complexity index is 591. The minimum atomic E-state index is 0.505. The van der Waals surface area contributed by atoms with Gasteiger partial charge in [-0.1, -0.05) is 45.0 Å². The average Bonchev–Trinajstić information content (AvgIpc) is 2.43. The number of rotatable bonds is 4. The van der Waals surface area contributed by atoms with E-state index in [0.29, 0.717) is 17.6 Å². The molecule has 0 aliphatic rings. The van der Waals surface area contributed by atoms with Gasteiger partial charge in [0.05, 0.1) is 10.2 Å². The minimum Gasteiger partial charge on any atom is -0.383 e. The van der Waals surface area contributed by atoms with Crippen molar-refractivity contribution in [2.45, 2.75) is 33.6 Å². The Hall–Kier alpha value is -1.42. The van der Waals surface area contributed by atoms with Crippen molar-refractivity contribution in [1.29, 1.82) is 0 Å². The summed E-state index contributed by atoms with van der Waals surface area (Å²) in [5.74, 6) is 1.73. The summed E-state index contributed by atoms with van der Waals surface area (Å²) in [6.07, 6.45) is 1.91. The van der Waals surface area contributed by atoms with E-state index in [2.05, 4.69) is 70.9 Å². The zero-order chi connectivity index (χ0) is 14.7. The molecule has 2 N–H and O–H groups in total. The number of benzene rings is 1. The predicted octanol–water partition coefficient (Wildman–Crippen LogP) is 4.25. The van der Waals surface area contributed by atoms with Crippen molar-refractivity contribution in [3.8, 4) is 11.4 Å². The second-order valence-electron chi connectivity index (χ2n) is 5.34. The van der Waals surface area contributed by atoms with Gasteiger partial charge in [-0.2, -0.15) is 0 Å². The van der Waals surface area contributed by atoms with Crippen LogP contribution in [-0.2, 0) is 12.8 Å². The highest BCUT2D eigenvalue weighted by molar-refractivity contribution is 9.10. The molecule has 20 heavy (non-hydrogen) atoms. The summed E-state index contributed by atoms with van der Waals surface area (Å²) < 4.78 is 0.820. The molecule has 4 heteroatoms. The summed E-state index contributed by atoms with van der Waals surface area (Å²) in [6.45, 7) is 6.48. The zero-order valence-electron chi connectivity index (χ0n) is 12.2. The molecule has 1 aromatic carbocycles. The van der Waals surface area contributed by atoms with Crippen LogP contribution in [0.5, 0.6) is 0 Å². The minimum absolute atomic E-state index is 0.505. The van der Waals surface area contributed by atoms with Crippen molar-refractivity contribution in [1.82, 2.24) is 9.97 Å². The van der Waals surface area contributed by atoms with Gasteiger partial charge in [0.25, 0.3) is 0 Å². The van der Waals surface area contributed by atoms with Crippen molar-refractivity contribution < 1.29 is 0 Å². The third-order valence-corrected chi connectivity index (χ3v) is 4.03. The summed E-state index contributed by atoms with van der Waals surface area (Å²) in [5.41, 5.74) is 9.28. The first-order valence-electron chi connectivity index (χ1n) is 6.92. The van der Waals surface area contributed by atoms with E-state index < -0.39 is 0 Å². The van der Waals surface area contributed by atoms with Gasteiger partial charge < -0.3 is 5.73 Å². The molecule has 2 aromatic rings. The molecule has 0 aliphatic carbocycles. The molecule has 0 spiro atoms. The highest BCUT2D eigenvalue weighted by atomic mass is 79.9. The van der Waals surface area contributed by atoms with Gasteiger partial charge in [-0.25, -0.2) is 9.97 Å². The lowest BCUT2D eigenvalue weighted by atomic mass is 10.1. The number of nitrogen functional groups attached to an aromatic ring is 1. The Morgan fingerprint density at radius 1 is 1.15 bits per heavy atom. The van der Waals surface area contributed by atoms with Crippen LogP contribution >= 0.6 is 15.9 Å². The first kappa shape index (κ1) is 15.0. The fourth-order valence-corrected chi connectivity index (χ4v) is 2.39. The quantitative estimate of drug-likeness (QED) is 0.909. The first-order chi connectivity index (χ1) is 9.51. The van der Waals surface area contributed by atoms with E-state index in [1.165, 1.54) is 5.56 Å². The molecule has 2 rings (SSSR count). The fraction of sp³-hybridized carbons (Fsp3) is 0.375. The van der Waals surface area contributed by atoms with Gasteiger partial charge in [0, 0.05) is 5.56 Å². The number of nitrogens with two attached hydrogens (primary N) is 1. The molecule has 1 heterocycles. The molecule has 3 nitrogen and oxygen atoms in total. The maximum atomic E-state index is 5.99. The number of hydrogen-bond donors (Lipinski definition) is 1. The molecule has 0 saturated carbocycles. The molecule has 0 atom stereocenters. The van der Waals surface area contributed by atoms with Crippen LogP contribution in [0.25, 0.3) is 11.4 Å². The zero-order valence-corrected chi connectivity index (χ0v) is 13.7. The molecule has 0 radical (unpaired) electrons. The molecule has 0 amide bonds. The standard InChI is InChI=1S/C16H20BrN3/c1-4-11-5-7-12(8-6-11)16-19-13(9-10(2)3)14(17)15(18)20-16/h5-8,10H,4,9H2,1-3H3,(H2,18,19,20). The van der Waals surface area contributed by atoms with E-state index in [-0.39, 0.29) is 0 Å². The summed E-state index contributed by atoms with van der Waals surface area (Å²) >= 11 is 3.49. The third kappa shape index (κ3) is 3.37. The van der Waals surface area contributed by atoms with E-state index in [0.717, 1.165) is 28.6 Å². The molecular formula is C16H20BrN3. The largest absolute Gasteiger partial charge is 0.383 e. The van der Waals surface area contributed by atoms with Crippen LogP contribution in [0.2, 0.25) is 0 Å². The van der Waals surface area contributed by atoms with Crippen LogP contribution in [0, 0.1) is 5.92 Å². The van der Waals surface area contributed by atoms with Crippen LogP contribution in [0.1, 0.15) is 32.0 Å². The van der Waals surface area contributed by atoms with Gasteiger partial charge in [-0.3, -0.25) is 0 Å². The van der Waals surface area contributed by atoms with Crippen LogP contribution in [0.4, 0.5) is 5.82 Å². The van der Waals surface area contributed by atoms with E-state index in [1.54, 1.807) is 0 Å². The summed E-state index contributed by atoms with van der Waals surface area (Å²) in [4.78, 5) is 9.05. The Morgan fingerprint density at radius 2 is 1.80 bits per heavy atom. The maximum absolute atomic E-state index is 5.99. The normalized spacial score (nSPS) is 11.1. The molecule has 0 saturated heterocycles. The lowest BCUT2D eigenvalue weighted by molar-refractivity contribution is 0.633. The second kappa shape index (κ2) is 6.35. The molecule has 0 aliphatic heterocycles. The highest BCUT2D eigenvalue weighted by Gasteiger charge is 2.12. The Labute approximate surface area is 128 Å². The van der Waals surface area contributed by atoms with Gasteiger partial charge >= 0.3 is 0 Å². The Morgan fingerprint density at radius 3 is 2.35 bits per heavy atom. The molecule has 0 bridgehead atoms. The lowest BCUT2D eigenvalue weighted by Crippen LogP contribution is -2.05. The second-order valence-corrected chi connectivity index (χ2v) is 6.13. The Balaban J connectivity index is 2.42. The maximum Gasteiger partial charge on any atom is 0.161 e. The number of halogens is 1. The van der Waals surface area contributed by atoms with Crippen molar-refractivity contribution in [2.24, 2.45) is 5.92 Å². The Kier molecular flexibility index (Phi) is 4.76. The van der Waals surface area contributed by atoms with Crippen molar-refractivity contribution in [2.75, 3.05) is 5.73 Å². The van der Waals surface area contributed by atoms with Crippen molar-refractivity contribution in [3.63, 3.8) is 0 Å². The van der Waals surface area contributed by atoms with Gasteiger partial charge in [-0.15, -0.1) is 0 Å². The lowest BCUT2D eigenvalue weighted by Gasteiger charge is -2.11. The smallest absolute Gasteiger partial charge is 0.161 e.